The van der Waals surface area contributed by atoms with E-state index in [-0.39, 0.29) is 24.0 Å². The second kappa shape index (κ2) is 18.2. The fourth-order valence-electron chi connectivity index (χ4n) is 3.18. The summed E-state index contributed by atoms with van der Waals surface area (Å²) < 4.78 is 12.9. The van der Waals surface area contributed by atoms with E-state index in [4.69, 9.17) is 8.85 Å². The van der Waals surface area contributed by atoms with Gasteiger partial charge in [-0.25, -0.2) is 0 Å². The molecule has 0 radical (unpaired) electrons. The van der Waals surface area contributed by atoms with Crippen LogP contribution < -0.4 is 24.0 Å². The molecule has 0 aromatic carbocycles. The second-order valence-electron chi connectivity index (χ2n) is 7.90. The van der Waals surface area contributed by atoms with Gasteiger partial charge in [0, 0.05) is 25.2 Å². The van der Waals surface area contributed by atoms with Crippen molar-refractivity contribution in [1.82, 2.24) is 0 Å². The third-order valence-electron chi connectivity index (χ3n) is 4.93. The summed E-state index contributed by atoms with van der Waals surface area (Å²) in [6.45, 7) is 12.9. The predicted molar refractivity (Wildman–Crippen MR) is 109 cm³/mol. The third-order valence-corrected chi connectivity index (χ3v) is 7.52. The lowest BCUT2D eigenvalue weighted by atomic mass is 10.1. The second-order valence-corrected chi connectivity index (χ2v) is 10.4. The van der Waals surface area contributed by atoms with Gasteiger partial charge in [0.15, 0.2) is 0 Å². The molecule has 25 heavy (non-hydrogen) atoms. The standard InChI is InChI=1S/C20H46NO2Si.HI/c1-7-10-11-12-13-14-15-16-18-21(5,6)19-17-20(4)24(22-8-2)23-9-3;/h20,24H,7-19H2,1-6H3;1H/q+1;/p-1. The summed E-state index contributed by atoms with van der Waals surface area (Å²) in [4.78, 5) is 0. The fourth-order valence-corrected chi connectivity index (χ4v) is 5.01. The monoisotopic (exact) mass is 487 g/mol. The SMILES string of the molecule is CCCCCCCCCC[N+](C)(C)CCC(C)[SiH](OCC)OCC.[I-]. The Labute approximate surface area is 177 Å². The lowest BCUT2D eigenvalue weighted by molar-refractivity contribution is -0.890. The van der Waals surface area contributed by atoms with Crippen LogP contribution in [0.4, 0.5) is 0 Å². The minimum atomic E-state index is -1.48. The Kier molecular flexibility index (Phi) is 20.4. The third kappa shape index (κ3) is 16.7. The Balaban J connectivity index is 0. The van der Waals surface area contributed by atoms with E-state index in [0.717, 1.165) is 17.7 Å². The highest BCUT2D eigenvalue weighted by Gasteiger charge is 2.24. The number of unbranched alkanes of at least 4 members (excludes halogenated alkanes) is 7. The molecule has 0 aromatic rings. The molecule has 0 rings (SSSR count). The maximum atomic E-state index is 5.87. The first-order valence-corrected chi connectivity index (χ1v) is 12.1. The largest absolute Gasteiger partial charge is 1.00 e. The first-order valence-electron chi connectivity index (χ1n) is 10.5. The van der Waals surface area contributed by atoms with Crippen LogP contribution in [0, 0.1) is 0 Å². The molecule has 0 heterocycles. The van der Waals surface area contributed by atoms with E-state index >= 15 is 0 Å². The van der Waals surface area contributed by atoms with Gasteiger partial charge in [-0.3, -0.25) is 0 Å². The van der Waals surface area contributed by atoms with Crippen molar-refractivity contribution < 1.29 is 37.3 Å². The minimum Gasteiger partial charge on any atom is -1.00 e. The summed E-state index contributed by atoms with van der Waals surface area (Å²) in [5, 5.41) is 0. The summed E-state index contributed by atoms with van der Waals surface area (Å²) in [6, 6.07) is 0. The van der Waals surface area contributed by atoms with Gasteiger partial charge in [0.1, 0.15) is 0 Å². The molecule has 1 atom stereocenters. The minimum absolute atomic E-state index is 0. The first kappa shape index (κ1) is 28.0. The Morgan fingerprint density at radius 2 is 1.24 bits per heavy atom. The zero-order chi connectivity index (χ0) is 18.3. The van der Waals surface area contributed by atoms with Gasteiger partial charge >= 0.3 is 9.28 Å². The summed E-state index contributed by atoms with van der Waals surface area (Å²) >= 11 is 0. The average Bonchev–Trinajstić information content (AvgIpc) is 2.55. The normalized spacial score (nSPS) is 13.1. The number of rotatable bonds is 17. The zero-order valence-corrected chi connectivity index (χ0v) is 21.3. The van der Waals surface area contributed by atoms with E-state index < -0.39 is 9.28 Å². The van der Waals surface area contributed by atoms with Crippen molar-refractivity contribution in [3.8, 4) is 0 Å². The van der Waals surface area contributed by atoms with Crippen LogP contribution >= 0.6 is 0 Å². The summed E-state index contributed by atoms with van der Waals surface area (Å²) in [5.41, 5.74) is 0.598. The van der Waals surface area contributed by atoms with Crippen molar-refractivity contribution in [2.75, 3.05) is 40.4 Å². The highest BCUT2D eigenvalue weighted by atomic mass is 127. The molecule has 0 aliphatic carbocycles. The molecular weight excluding hydrogens is 441 g/mol. The van der Waals surface area contributed by atoms with Crippen molar-refractivity contribution in [3.05, 3.63) is 0 Å². The number of nitrogens with zero attached hydrogens (tertiary/aromatic N) is 1. The van der Waals surface area contributed by atoms with E-state index in [1.54, 1.807) is 0 Å². The van der Waals surface area contributed by atoms with Crippen molar-refractivity contribution in [3.63, 3.8) is 0 Å². The molecule has 0 aliphatic heterocycles. The Bertz CT molecular complexity index is 274. The summed E-state index contributed by atoms with van der Waals surface area (Å²) in [7, 11) is 3.28. The Hall–Kier alpha value is 0.827. The summed E-state index contributed by atoms with van der Waals surface area (Å²) in [5.74, 6) is 0. The maximum absolute atomic E-state index is 5.87. The molecular formula is C20H46INO2Si. The quantitative estimate of drug-likeness (QED) is 0.136. The topological polar surface area (TPSA) is 18.5 Å². The van der Waals surface area contributed by atoms with Gasteiger partial charge in [-0.2, -0.15) is 0 Å². The van der Waals surface area contributed by atoms with Crippen LogP contribution in [0.1, 0.15) is 85.5 Å². The van der Waals surface area contributed by atoms with Crippen LogP contribution in [0.25, 0.3) is 0 Å². The Morgan fingerprint density at radius 1 is 0.760 bits per heavy atom. The molecule has 0 spiro atoms. The van der Waals surface area contributed by atoms with Crippen molar-refractivity contribution >= 4 is 9.28 Å². The molecule has 0 N–H and O–H groups in total. The molecule has 0 aliphatic rings. The number of halogens is 1. The van der Waals surface area contributed by atoms with E-state index in [0.29, 0.717) is 5.54 Å². The van der Waals surface area contributed by atoms with Gasteiger partial charge in [-0.15, -0.1) is 0 Å². The lowest BCUT2D eigenvalue weighted by Gasteiger charge is -2.32. The zero-order valence-electron chi connectivity index (χ0n) is 18.0. The highest BCUT2D eigenvalue weighted by molar-refractivity contribution is 6.46. The van der Waals surface area contributed by atoms with E-state index in [9.17, 15) is 0 Å². The van der Waals surface area contributed by atoms with Gasteiger partial charge in [0.2, 0.25) is 0 Å². The fraction of sp³-hybridized carbons (Fsp3) is 1.00. The van der Waals surface area contributed by atoms with Gasteiger partial charge < -0.3 is 37.3 Å². The van der Waals surface area contributed by atoms with Gasteiger partial charge in [-0.1, -0.05) is 52.4 Å². The molecule has 5 heteroatoms. The van der Waals surface area contributed by atoms with E-state index in [1.165, 1.54) is 70.9 Å². The van der Waals surface area contributed by atoms with E-state index in [2.05, 4.69) is 41.8 Å². The first-order chi connectivity index (χ1) is 11.5. The lowest BCUT2D eigenvalue weighted by Crippen LogP contribution is -3.00. The van der Waals surface area contributed by atoms with Crippen LogP contribution in [0.2, 0.25) is 5.54 Å². The van der Waals surface area contributed by atoms with E-state index in [1.807, 2.05) is 0 Å². The van der Waals surface area contributed by atoms with Crippen LogP contribution in [0.3, 0.4) is 0 Å². The van der Waals surface area contributed by atoms with Crippen molar-refractivity contribution in [2.45, 2.75) is 91.0 Å². The maximum Gasteiger partial charge on any atom is 0.324 e. The molecule has 0 amide bonds. The van der Waals surface area contributed by atoms with Crippen LogP contribution in [-0.4, -0.2) is 54.2 Å². The average molecular weight is 488 g/mol. The van der Waals surface area contributed by atoms with Gasteiger partial charge in [-0.05, 0) is 26.7 Å². The van der Waals surface area contributed by atoms with Crippen molar-refractivity contribution in [2.24, 2.45) is 0 Å². The number of hydrogen-bond donors (Lipinski definition) is 0. The predicted octanol–water partition coefficient (Wildman–Crippen LogP) is 2.28. The molecule has 0 saturated heterocycles. The molecule has 3 nitrogen and oxygen atoms in total. The molecule has 154 valence electrons. The molecule has 0 fully saturated rings. The van der Waals surface area contributed by atoms with Crippen molar-refractivity contribution in [1.29, 1.82) is 0 Å². The number of quaternary nitrogens is 1. The molecule has 1 unspecified atom stereocenters. The van der Waals surface area contributed by atoms with Crippen LogP contribution in [-0.2, 0) is 8.85 Å². The Morgan fingerprint density at radius 3 is 1.72 bits per heavy atom. The van der Waals surface area contributed by atoms with Crippen LogP contribution in [0.15, 0.2) is 0 Å². The molecule has 0 aromatic heterocycles. The summed E-state index contributed by atoms with van der Waals surface area (Å²) in [6.07, 6.45) is 12.5. The molecule has 0 saturated carbocycles. The smallest absolute Gasteiger partial charge is 0.324 e. The number of hydrogen-bond acceptors (Lipinski definition) is 2. The molecule has 0 bridgehead atoms. The van der Waals surface area contributed by atoms with Crippen LogP contribution in [0.5, 0.6) is 0 Å². The van der Waals surface area contributed by atoms with Gasteiger partial charge in [0.25, 0.3) is 0 Å². The van der Waals surface area contributed by atoms with Gasteiger partial charge in [0.05, 0.1) is 27.2 Å². The highest BCUT2D eigenvalue weighted by Crippen LogP contribution is 2.19.